The highest BCUT2D eigenvalue weighted by Crippen LogP contribution is 2.17. The molecular formula is C9H12NO3S+. The van der Waals surface area contributed by atoms with Crippen LogP contribution in [0.15, 0.2) is 17.1 Å². The maximum atomic E-state index is 11.4. The molecule has 76 valence electrons. The summed E-state index contributed by atoms with van der Waals surface area (Å²) in [6.45, 7) is 3.50. The highest BCUT2D eigenvalue weighted by Gasteiger charge is 2.22. The fraction of sp³-hybridized carbons (Fsp3) is 0.444. The predicted molar refractivity (Wildman–Crippen MR) is 53.2 cm³/mol. The van der Waals surface area contributed by atoms with Gasteiger partial charge < -0.3 is 4.74 Å². The number of hydrogen-bond donors (Lipinski definition) is 0. The van der Waals surface area contributed by atoms with Crippen molar-refractivity contribution in [3.05, 3.63) is 17.1 Å². The molecule has 0 amide bonds. The summed E-state index contributed by atoms with van der Waals surface area (Å²) >= 11 is 0. The van der Waals surface area contributed by atoms with Crippen molar-refractivity contribution in [2.45, 2.75) is 26.4 Å². The molecule has 4 nitrogen and oxygen atoms in total. The average molecular weight is 214 g/mol. The summed E-state index contributed by atoms with van der Waals surface area (Å²) in [5.41, 5.74) is 1.55. The van der Waals surface area contributed by atoms with E-state index < -0.39 is 16.4 Å². The minimum atomic E-state index is -0.619. The Hall–Kier alpha value is -1.23. The van der Waals surface area contributed by atoms with Crippen molar-refractivity contribution in [3.63, 3.8) is 0 Å². The topological polar surface area (TPSA) is 56.3 Å². The average Bonchev–Trinajstić information content (AvgIpc) is 2.53. The number of carbonyl (C=O) groups is 2. The van der Waals surface area contributed by atoms with Crippen molar-refractivity contribution in [1.82, 2.24) is 4.98 Å². The van der Waals surface area contributed by atoms with Gasteiger partial charge in [0.2, 0.25) is 5.51 Å². The summed E-state index contributed by atoms with van der Waals surface area (Å²) < 4.78 is 4.86. The molecule has 14 heavy (non-hydrogen) atoms. The van der Waals surface area contributed by atoms with E-state index in [1.54, 1.807) is 30.9 Å². The van der Waals surface area contributed by atoms with Gasteiger partial charge in [0.05, 0.1) is 22.8 Å². The molecule has 5 heteroatoms. The zero-order chi connectivity index (χ0) is 10.6. The largest absolute Gasteiger partial charge is 0.462 e. The smallest absolute Gasteiger partial charge is 0.367 e. The van der Waals surface area contributed by atoms with Crippen molar-refractivity contribution >= 4 is 21.6 Å². The SMILES string of the molecule is CC(C)OC(=O)CC(=O)[s+]1ccnc1. The van der Waals surface area contributed by atoms with Crippen LogP contribution in [0.1, 0.15) is 25.1 Å². The maximum absolute atomic E-state index is 11.4. The molecule has 1 atom stereocenters. The van der Waals surface area contributed by atoms with Crippen LogP contribution in [0.3, 0.4) is 0 Å². The number of aromatic nitrogens is 1. The number of rotatable bonds is 4. The molecule has 1 unspecified atom stereocenters. The summed E-state index contributed by atoms with van der Waals surface area (Å²) in [7, 11) is -0.619. The second kappa shape index (κ2) is 4.85. The van der Waals surface area contributed by atoms with Crippen LogP contribution in [0.4, 0.5) is 0 Å². The number of carbonyl (C=O) groups excluding carboxylic acids is 2. The van der Waals surface area contributed by atoms with Crippen LogP contribution in [0.5, 0.6) is 0 Å². The number of ether oxygens (including phenoxy) is 1. The zero-order valence-electron chi connectivity index (χ0n) is 8.10. The van der Waals surface area contributed by atoms with E-state index in [-0.39, 0.29) is 17.6 Å². The van der Waals surface area contributed by atoms with Gasteiger partial charge in [0.25, 0.3) is 0 Å². The Morgan fingerprint density at radius 2 is 2.21 bits per heavy atom. The van der Waals surface area contributed by atoms with E-state index in [2.05, 4.69) is 4.98 Å². The van der Waals surface area contributed by atoms with Crippen molar-refractivity contribution in [2.75, 3.05) is 0 Å². The molecule has 0 saturated carbocycles. The highest BCUT2D eigenvalue weighted by molar-refractivity contribution is 7.49. The normalized spacial score (nSPS) is 11.5. The van der Waals surface area contributed by atoms with Crippen LogP contribution in [-0.2, 0) is 9.53 Å². The second-order valence-electron chi connectivity index (χ2n) is 3.00. The Morgan fingerprint density at radius 3 is 2.71 bits per heavy atom. The van der Waals surface area contributed by atoms with E-state index in [0.717, 1.165) is 0 Å². The summed E-state index contributed by atoms with van der Waals surface area (Å²) in [5.74, 6) is -0.466. The lowest BCUT2D eigenvalue weighted by Gasteiger charge is -2.04. The van der Waals surface area contributed by atoms with Crippen LogP contribution < -0.4 is 0 Å². The van der Waals surface area contributed by atoms with Crippen molar-refractivity contribution < 1.29 is 14.3 Å². The number of esters is 1. The molecule has 0 aliphatic rings. The van der Waals surface area contributed by atoms with E-state index in [9.17, 15) is 9.59 Å². The molecule has 0 aliphatic heterocycles. The van der Waals surface area contributed by atoms with Crippen LogP contribution in [0.2, 0.25) is 0 Å². The quantitative estimate of drug-likeness (QED) is 0.436. The Labute approximate surface area is 84.9 Å². The molecule has 1 aromatic rings. The lowest BCUT2D eigenvalue weighted by molar-refractivity contribution is -0.146. The third-order valence-electron chi connectivity index (χ3n) is 1.39. The lowest BCUT2D eigenvalue weighted by Crippen LogP contribution is -2.13. The van der Waals surface area contributed by atoms with E-state index in [0.29, 0.717) is 0 Å². The predicted octanol–water partition coefficient (Wildman–Crippen LogP) is 1.81. The van der Waals surface area contributed by atoms with Crippen molar-refractivity contribution in [3.8, 4) is 0 Å². The van der Waals surface area contributed by atoms with E-state index in [1.165, 1.54) is 0 Å². The molecule has 0 spiro atoms. The van der Waals surface area contributed by atoms with Crippen molar-refractivity contribution in [2.24, 2.45) is 0 Å². The molecule has 1 heterocycles. The summed E-state index contributed by atoms with van der Waals surface area (Å²) in [4.78, 5) is 26.3. The minimum absolute atomic E-state index is 0.145. The number of hydrogen-bond acceptors (Lipinski definition) is 4. The Morgan fingerprint density at radius 1 is 1.50 bits per heavy atom. The first-order valence-electron chi connectivity index (χ1n) is 4.24. The van der Waals surface area contributed by atoms with E-state index >= 15 is 0 Å². The maximum Gasteiger partial charge on any atom is 0.367 e. The number of nitrogens with zero attached hydrogens (tertiary/aromatic N) is 1. The summed E-state index contributed by atoms with van der Waals surface area (Å²) in [6.07, 6.45) is 1.22. The van der Waals surface area contributed by atoms with Crippen molar-refractivity contribution in [1.29, 1.82) is 0 Å². The molecule has 0 N–H and O–H groups in total. The third-order valence-corrected chi connectivity index (χ3v) is 2.82. The molecular weight excluding hydrogens is 202 g/mol. The van der Waals surface area contributed by atoms with Gasteiger partial charge in [0.15, 0.2) is 11.8 Å². The van der Waals surface area contributed by atoms with Gasteiger partial charge in [-0.1, -0.05) is 0 Å². The Kier molecular flexibility index (Phi) is 3.76. The lowest BCUT2D eigenvalue weighted by atomic mass is 10.4. The monoisotopic (exact) mass is 214 g/mol. The van der Waals surface area contributed by atoms with Gasteiger partial charge in [-0.3, -0.25) is 4.79 Å². The van der Waals surface area contributed by atoms with Gasteiger partial charge in [-0.2, -0.15) is 0 Å². The van der Waals surface area contributed by atoms with Crippen LogP contribution in [-0.4, -0.2) is 22.2 Å². The van der Waals surface area contributed by atoms with E-state index in [4.69, 9.17) is 4.74 Å². The van der Waals surface area contributed by atoms with Gasteiger partial charge in [-0.15, -0.1) is 0 Å². The van der Waals surface area contributed by atoms with Gasteiger partial charge in [0, 0.05) is 0 Å². The van der Waals surface area contributed by atoms with E-state index in [1.807, 2.05) is 0 Å². The summed E-state index contributed by atoms with van der Waals surface area (Å²) in [6, 6.07) is 0. The zero-order valence-corrected chi connectivity index (χ0v) is 8.91. The van der Waals surface area contributed by atoms with Gasteiger partial charge in [-0.05, 0) is 13.8 Å². The minimum Gasteiger partial charge on any atom is -0.462 e. The fourth-order valence-corrected chi connectivity index (χ4v) is 1.90. The number of thiazole rings is 1. The molecule has 0 radical (unpaired) electrons. The molecule has 0 saturated heterocycles. The Bertz CT molecular complexity index is 319. The highest BCUT2D eigenvalue weighted by atomic mass is 32.2. The van der Waals surface area contributed by atoms with Gasteiger partial charge >= 0.3 is 11.1 Å². The first-order chi connectivity index (χ1) is 6.59. The van der Waals surface area contributed by atoms with Gasteiger partial charge in [-0.25, -0.2) is 9.78 Å². The van der Waals surface area contributed by atoms with Crippen LogP contribution in [0.25, 0.3) is 0 Å². The molecule has 1 rings (SSSR count). The first kappa shape index (κ1) is 10.8. The molecule has 0 aromatic carbocycles. The molecule has 0 bridgehead atoms. The van der Waals surface area contributed by atoms with Crippen LogP contribution >= 0.6 is 10.5 Å². The first-order valence-corrected chi connectivity index (χ1v) is 5.59. The van der Waals surface area contributed by atoms with Crippen LogP contribution in [0, 0.1) is 0 Å². The molecule has 0 aliphatic carbocycles. The second-order valence-corrected chi connectivity index (χ2v) is 4.68. The fourth-order valence-electron chi connectivity index (χ4n) is 0.877. The van der Waals surface area contributed by atoms with Gasteiger partial charge in [0.1, 0.15) is 0 Å². The molecule has 0 fully saturated rings. The third kappa shape index (κ3) is 3.26. The summed E-state index contributed by atoms with van der Waals surface area (Å²) in [5, 5.41) is 1.54. The standard InChI is InChI=1S/C9H12NO3S/c1-7(2)13-8(11)5-9(12)14-4-3-10-6-14/h3-4,6-7H,5H2,1-2H3/q+1. The Balaban J connectivity index is 2.46. The molecule has 1 aromatic heterocycles.